The predicted octanol–water partition coefficient (Wildman–Crippen LogP) is 1.37. The number of likely N-dealkylation sites (N-methyl/N-ethyl adjacent to an activating group) is 1. The standard InChI is InChI=1S/C14H18N4O4S2/c1-10(19)15-13-16-17-14(23-13)24(20,21)18(2)9-8-11-4-6-12(22-3)7-5-11/h4-7H,8-9H2,1-3H3,(H,15,16,19). The van der Waals surface area contributed by atoms with Crippen LogP contribution in [0.5, 0.6) is 5.75 Å². The molecule has 0 aliphatic carbocycles. The molecular weight excluding hydrogens is 352 g/mol. The van der Waals surface area contributed by atoms with Crippen LogP contribution in [0.25, 0.3) is 0 Å². The molecule has 2 rings (SSSR count). The number of sulfonamides is 1. The Bertz CT molecular complexity index is 802. The summed E-state index contributed by atoms with van der Waals surface area (Å²) in [7, 11) is -0.660. The second-order valence-corrected chi connectivity index (χ2v) is 8.18. The van der Waals surface area contributed by atoms with Crippen molar-refractivity contribution in [3.05, 3.63) is 29.8 Å². The summed E-state index contributed by atoms with van der Waals surface area (Å²) in [5, 5.41) is 9.88. The van der Waals surface area contributed by atoms with Crippen LogP contribution in [-0.2, 0) is 21.2 Å². The lowest BCUT2D eigenvalue weighted by molar-refractivity contribution is -0.114. The summed E-state index contributed by atoms with van der Waals surface area (Å²) in [5.41, 5.74) is 0.994. The van der Waals surface area contributed by atoms with Gasteiger partial charge in [0.05, 0.1) is 7.11 Å². The van der Waals surface area contributed by atoms with Gasteiger partial charge in [-0.15, -0.1) is 10.2 Å². The van der Waals surface area contributed by atoms with Crippen molar-refractivity contribution < 1.29 is 17.9 Å². The lowest BCUT2D eigenvalue weighted by atomic mass is 10.1. The number of hydrogen-bond acceptors (Lipinski definition) is 7. The average molecular weight is 370 g/mol. The van der Waals surface area contributed by atoms with Crippen molar-refractivity contribution in [1.82, 2.24) is 14.5 Å². The lowest BCUT2D eigenvalue weighted by Crippen LogP contribution is -2.29. The summed E-state index contributed by atoms with van der Waals surface area (Å²) in [4.78, 5) is 11.0. The van der Waals surface area contributed by atoms with E-state index in [1.807, 2.05) is 24.3 Å². The van der Waals surface area contributed by atoms with Crippen LogP contribution >= 0.6 is 11.3 Å². The SMILES string of the molecule is COc1ccc(CCN(C)S(=O)(=O)c2nnc(NC(C)=O)s2)cc1. The summed E-state index contributed by atoms with van der Waals surface area (Å²) in [6.07, 6.45) is 0.553. The number of rotatable bonds is 7. The second kappa shape index (κ2) is 7.69. The van der Waals surface area contributed by atoms with Crippen molar-refractivity contribution in [2.24, 2.45) is 0 Å². The Balaban J connectivity index is 2.02. The van der Waals surface area contributed by atoms with Gasteiger partial charge in [-0.3, -0.25) is 4.79 Å². The van der Waals surface area contributed by atoms with Crippen LogP contribution in [0.15, 0.2) is 28.6 Å². The van der Waals surface area contributed by atoms with Crippen LogP contribution in [0, 0.1) is 0 Å². The molecule has 1 N–H and O–H groups in total. The largest absolute Gasteiger partial charge is 0.497 e. The van der Waals surface area contributed by atoms with Crippen LogP contribution in [0.1, 0.15) is 12.5 Å². The van der Waals surface area contributed by atoms with Crippen molar-refractivity contribution in [2.45, 2.75) is 17.7 Å². The zero-order valence-electron chi connectivity index (χ0n) is 13.5. The number of anilines is 1. The van der Waals surface area contributed by atoms with Crippen molar-refractivity contribution in [2.75, 3.05) is 26.0 Å². The van der Waals surface area contributed by atoms with Crippen LogP contribution in [0.3, 0.4) is 0 Å². The Labute approximate surface area is 144 Å². The van der Waals surface area contributed by atoms with Crippen LogP contribution in [0.2, 0.25) is 0 Å². The predicted molar refractivity (Wildman–Crippen MR) is 90.7 cm³/mol. The second-order valence-electron chi connectivity index (χ2n) is 4.98. The molecule has 0 bridgehead atoms. The van der Waals surface area contributed by atoms with Gasteiger partial charge >= 0.3 is 0 Å². The van der Waals surface area contributed by atoms with E-state index in [1.165, 1.54) is 18.3 Å². The summed E-state index contributed by atoms with van der Waals surface area (Å²) in [6, 6.07) is 7.43. The first-order chi connectivity index (χ1) is 11.3. The highest BCUT2D eigenvalue weighted by atomic mass is 32.2. The summed E-state index contributed by atoms with van der Waals surface area (Å²) >= 11 is 0.823. The quantitative estimate of drug-likeness (QED) is 0.739. The Morgan fingerprint density at radius 3 is 2.54 bits per heavy atom. The number of nitrogens with one attached hydrogen (secondary N) is 1. The normalized spacial score (nSPS) is 11.5. The van der Waals surface area contributed by atoms with Gasteiger partial charge in [-0.2, -0.15) is 4.31 Å². The molecule has 0 aliphatic heterocycles. The van der Waals surface area contributed by atoms with Gasteiger partial charge in [-0.1, -0.05) is 23.5 Å². The maximum absolute atomic E-state index is 12.5. The molecule has 1 aromatic carbocycles. The molecule has 0 atom stereocenters. The van der Waals surface area contributed by atoms with Crippen molar-refractivity contribution in [3.63, 3.8) is 0 Å². The minimum Gasteiger partial charge on any atom is -0.497 e. The highest BCUT2D eigenvalue weighted by molar-refractivity contribution is 7.91. The lowest BCUT2D eigenvalue weighted by Gasteiger charge is -2.14. The highest BCUT2D eigenvalue weighted by Crippen LogP contribution is 2.22. The van der Waals surface area contributed by atoms with Crippen molar-refractivity contribution in [1.29, 1.82) is 0 Å². The smallest absolute Gasteiger partial charge is 0.272 e. The third-order valence-corrected chi connectivity index (χ3v) is 6.24. The number of carbonyl (C=O) groups is 1. The zero-order chi connectivity index (χ0) is 17.7. The Morgan fingerprint density at radius 1 is 1.29 bits per heavy atom. The van der Waals surface area contributed by atoms with E-state index < -0.39 is 10.0 Å². The van der Waals surface area contributed by atoms with Crippen LogP contribution < -0.4 is 10.1 Å². The minimum absolute atomic E-state index is 0.150. The third-order valence-electron chi connectivity index (χ3n) is 3.19. The first-order valence-electron chi connectivity index (χ1n) is 7.03. The topological polar surface area (TPSA) is 101 Å². The molecule has 10 heteroatoms. The Kier molecular flexibility index (Phi) is 5.86. The first-order valence-corrected chi connectivity index (χ1v) is 9.29. The van der Waals surface area contributed by atoms with E-state index in [9.17, 15) is 13.2 Å². The number of amides is 1. The fourth-order valence-corrected chi connectivity index (χ4v) is 4.15. The van der Waals surface area contributed by atoms with E-state index in [2.05, 4.69) is 15.5 Å². The Morgan fingerprint density at radius 2 is 1.96 bits per heavy atom. The molecule has 2 aromatic rings. The van der Waals surface area contributed by atoms with Crippen LogP contribution in [0.4, 0.5) is 5.13 Å². The number of nitrogens with zero attached hydrogens (tertiary/aromatic N) is 3. The van der Waals surface area contributed by atoms with E-state index >= 15 is 0 Å². The van der Waals surface area contributed by atoms with E-state index in [4.69, 9.17) is 4.74 Å². The van der Waals surface area contributed by atoms with E-state index in [0.29, 0.717) is 13.0 Å². The molecule has 0 aliphatic rings. The molecule has 1 heterocycles. The molecule has 1 amide bonds. The van der Waals surface area contributed by atoms with Gasteiger partial charge in [-0.25, -0.2) is 8.42 Å². The number of methoxy groups -OCH3 is 1. The van der Waals surface area contributed by atoms with Gasteiger partial charge in [0.15, 0.2) is 0 Å². The first kappa shape index (κ1) is 18.3. The third kappa shape index (κ3) is 4.49. The molecule has 0 unspecified atom stereocenters. The molecule has 0 saturated heterocycles. The monoisotopic (exact) mass is 370 g/mol. The number of hydrogen-bond donors (Lipinski definition) is 1. The Hall–Kier alpha value is -2.04. The molecule has 1 aromatic heterocycles. The van der Waals surface area contributed by atoms with Gasteiger partial charge in [0.2, 0.25) is 15.4 Å². The fraction of sp³-hybridized carbons (Fsp3) is 0.357. The fourth-order valence-electron chi connectivity index (χ4n) is 1.85. The van der Waals surface area contributed by atoms with Crippen molar-refractivity contribution >= 4 is 32.4 Å². The van der Waals surface area contributed by atoms with Gasteiger partial charge in [0.25, 0.3) is 10.0 Å². The molecule has 0 radical (unpaired) electrons. The number of carbonyl (C=O) groups excluding carboxylic acids is 1. The van der Waals surface area contributed by atoms with Crippen molar-refractivity contribution in [3.8, 4) is 5.75 Å². The highest BCUT2D eigenvalue weighted by Gasteiger charge is 2.25. The van der Waals surface area contributed by atoms with E-state index in [-0.39, 0.29) is 15.4 Å². The summed E-state index contributed by atoms with van der Waals surface area (Å²) in [6.45, 7) is 1.61. The van der Waals surface area contributed by atoms with Gasteiger partial charge in [0.1, 0.15) is 5.75 Å². The molecule has 0 fully saturated rings. The zero-order valence-corrected chi connectivity index (χ0v) is 15.1. The maximum Gasteiger partial charge on any atom is 0.272 e. The molecule has 0 saturated carbocycles. The molecule has 8 nitrogen and oxygen atoms in total. The summed E-state index contributed by atoms with van der Waals surface area (Å²) in [5.74, 6) is 0.419. The average Bonchev–Trinajstić information content (AvgIpc) is 3.01. The van der Waals surface area contributed by atoms with Gasteiger partial charge in [0, 0.05) is 20.5 Å². The van der Waals surface area contributed by atoms with Gasteiger partial charge < -0.3 is 10.1 Å². The molecule has 130 valence electrons. The van der Waals surface area contributed by atoms with E-state index in [0.717, 1.165) is 22.6 Å². The number of benzene rings is 1. The van der Waals surface area contributed by atoms with Crippen LogP contribution in [-0.4, -0.2) is 49.5 Å². The van der Waals surface area contributed by atoms with Gasteiger partial charge in [-0.05, 0) is 24.1 Å². The van der Waals surface area contributed by atoms with E-state index in [1.54, 1.807) is 7.11 Å². The maximum atomic E-state index is 12.5. The molecule has 24 heavy (non-hydrogen) atoms. The minimum atomic E-state index is -3.73. The number of ether oxygens (including phenoxy) is 1. The molecule has 0 spiro atoms. The number of aromatic nitrogens is 2. The summed E-state index contributed by atoms with van der Waals surface area (Å²) < 4.78 is 31.1. The molecular formula is C14H18N4O4S2.